The molecule has 1 saturated heterocycles. The average molecular weight is 234 g/mol. The fourth-order valence-electron chi connectivity index (χ4n) is 2.43. The second-order valence-electron chi connectivity index (χ2n) is 4.61. The predicted octanol–water partition coefficient (Wildman–Crippen LogP) is 1.53. The van der Waals surface area contributed by atoms with Gasteiger partial charge < -0.3 is 10.8 Å². The van der Waals surface area contributed by atoms with E-state index in [2.05, 4.69) is 6.07 Å². The first-order valence-electron chi connectivity index (χ1n) is 5.95. The summed E-state index contributed by atoms with van der Waals surface area (Å²) in [5, 5.41) is 8.73. The first-order chi connectivity index (χ1) is 8.15. The minimum absolute atomic E-state index is 0.156. The lowest BCUT2D eigenvalue weighted by molar-refractivity contribution is -0.138. The number of carboxylic acid groups (broad SMARTS) is 1. The third-order valence-electron chi connectivity index (χ3n) is 3.33. The van der Waals surface area contributed by atoms with Crippen molar-refractivity contribution < 1.29 is 9.90 Å². The molecule has 0 radical (unpaired) electrons. The van der Waals surface area contributed by atoms with Crippen molar-refractivity contribution >= 4 is 11.7 Å². The van der Waals surface area contributed by atoms with Crippen molar-refractivity contribution in [3.05, 3.63) is 29.8 Å². The Kier molecular flexibility index (Phi) is 3.64. The first-order valence-corrected chi connectivity index (χ1v) is 5.95. The van der Waals surface area contributed by atoms with Crippen LogP contribution in [0, 0.1) is 0 Å². The maximum atomic E-state index is 10.6. The van der Waals surface area contributed by atoms with Gasteiger partial charge in [-0.25, -0.2) is 0 Å². The van der Waals surface area contributed by atoms with Gasteiger partial charge in [-0.15, -0.1) is 0 Å². The fourth-order valence-corrected chi connectivity index (χ4v) is 2.43. The van der Waals surface area contributed by atoms with Crippen LogP contribution in [0.3, 0.4) is 0 Å². The summed E-state index contributed by atoms with van der Waals surface area (Å²) >= 11 is 0. The van der Waals surface area contributed by atoms with Gasteiger partial charge >= 0.3 is 5.97 Å². The van der Waals surface area contributed by atoms with Crippen molar-refractivity contribution in [1.29, 1.82) is 0 Å². The van der Waals surface area contributed by atoms with Gasteiger partial charge in [0.15, 0.2) is 0 Å². The number of nitrogen functional groups attached to an aromatic ring is 1. The molecule has 0 amide bonds. The summed E-state index contributed by atoms with van der Waals surface area (Å²) in [5.74, 6) is -0.226. The van der Waals surface area contributed by atoms with Gasteiger partial charge in [0.05, 0.1) is 6.54 Å². The first kappa shape index (κ1) is 11.9. The molecule has 2 rings (SSSR count). The molecule has 92 valence electrons. The summed E-state index contributed by atoms with van der Waals surface area (Å²) in [5.41, 5.74) is 7.85. The summed E-state index contributed by atoms with van der Waals surface area (Å²) in [6.07, 6.45) is 2.02. The van der Waals surface area contributed by atoms with E-state index in [9.17, 15) is 4.79 Å². The Morgan fingerprint density at radius 3 is 2.71 bits per heavy atom. The number of carbonyl (C=O) groups is 1. The van der Waals surface area contributed by atoms with Gasteiger partial charge in [0.2, 0.25) is 0 Å². The van der Waals surface area contributed by atoms with Gasteiger partial charge in [-0.05, 0) is 49.5 Å². The zero-order chi connectivity index (χ0) is 12.3. The Morgan fingerprint density at radius 2 is 2.12 bits per heavy atom. The number of anilines is 1. The van der Waals surface area contributed by atoms with E-state index in [0.29, 0.717) is 5.92 Å². The Morgan fingerprint density at radius 1 is 1.41 bits per heavy atom. The van der Waals surface area contributed by atoms with E-state index < -0.39 is 5.97 Å². The van der Waals surface area contributed by atoms with Gasteiger partial charge in [0.25, 0.3) is 0 Å². The van der Waals surface area contributed by atoms with Gasteiger partial charge in [-0.3, -0.25) is 9.69 Å². The van der Waals surface area contributed by atoms with Crippen LogP contribution in [0.15, 0.2) is 24.3 Å². The van der Waals surface area contributed by atoms with Crippen molar-refractivity contribution in [1.82, 2.24) is 4.90 Å². The number of likely N-dealkylation sites (tertiary alicyclic amines) is 1. The van der Waals surface area contributed by atoms with E-state index >= 15 is 0 Å². The third kappa shape index (κ3) is 3.20. The molecular formula is C13H18N2O2. The molecule has 0 spiro atoms. The predicted molar refractivity (Wildman–Crippen MR) is 66.9 cm³/mol. The minimum atomic E-state index is -0.743. The van der Waals surface area contributed by atoms with Crippen LogP contribution >= 0.6 is 0 Å². The maximum Gasteiger partial charge on any atom is 0.317 e. The molecule has 17 heavy (non-hydrogen) atoms. The molecule has 1 fully saturated rings. The number of nitrogens with zero attached hydrogens (tertiary/aromatic N) is 1. The number of benzene rings is 1. The van der Waals surface area contributed by atoms with E-state index in [1.165, 1.54) is 5.56 Å². The summed E-state index contributed by atoms with van der Waals surface area (Å²) in [4.78, 5) is 12.6. The van der Waals surface area contributed by atoms with Crippen molar-refractivity contribution in [2.45, 2.75) is 18.8 Å². The Balaban J connectivity index is 1.93. The number of rotatable bonds is 3. The molecule has 0 bridgehead atoms. The third-order valence-corrected chi connectivity index (χ3v) is 3.33. The van der Waals surface area contributed by atoms with Crippen molar-refractivity contribution in [2.75, 3.05) is 25.4 Å². The van der Waals surface area contributed by atoms with Crippen molar-refractivity contribution in [2.24, 2.45) is 0 Å². The molecule has 1 heterocycles. The highest BCUT2D eigenvalue weighted by Crippen LogP contribution is 2.28. The highest BCUT2D eigenvalue weighted by atomic mass is 16.4. The second kappa shape index (κ2) is 5.19. The van der Waals surface area contributed by atoms with E-state index in [-0.39, 0.29) is 6.54 Å². The standard InChI is InChI=1S/C13H18N2O2/c14-12-3-1-2-11(8-12)10-4-6-15(7-5-10)9-13(16)17/h1-3,8,10H,4-7,9,14H2,(H,16,17). The van der Waals surface area contributed by atoms with E-state index in [4.69, 9.17) is 10.8 Å². The second-order valence-corrected chi connectivity index (χ2v) is 4.61. The smallest absolute Gasteiger partial charge is 0.317 e. The number of nitrogens with two attached hydrogens (primary N) is 1. The Labute approximate surface area is 101 Å². The van der Waals surface area contributed by atoms with Crippen molar-refractivity contribution in [3.63, 3.8) is 0 Å². The lowest BCUT2D eigenvalue weighted by Gasteiger charge is -2.31. The molecule has 0 aliphatic carbocycles. The molecule has 0 unspecified atom stereocenters. The monoisotopic (exact) mass is 234 g/mol. The van der Waals surface area contributed by atoms with Gasteiger partial charge in [0.1, 0.15) is 0 Å². The Bertz CT molecular complexity index is 398. The summed E-state index contributed by atoms with van der Waals surface area (Å²) in [6.45, 7) is 1.86. The van der Waals surface area contributed by atoms with Crippen molar-refractivity contribution in [3.8, 4) is 0 Å². The van der Waals surface area contributed by atoms with Crippen LogP contribution in [0.1, 0.15) is 24.3 Å². The van der Waals surface area contributed by atoms with Gasteiger partial charge in [-0.1, -0.05) is 12.1 Å². The van der Waals surface area contributed by atoms with Gasteiger partial charge in [-0.2, -0.15) is 0 Å². The molecule has 0 aromatic heterocycles. The molecule has 1 aromatic rings. The number of aliphatic carboxylic acids is 1. The number of hydrogen-bond acceptors (Lipinski definition) is 3. The molecule has 1 aliphatic heterocycles. The zero-order valence-corrected chi connectivity index (χ0v) is 9.80. The number of hydrogen-bond donors (Lipinski definition) is 2. The highest BCUT2D eigenvalue weighted by Gasteiger charge is 2.21. The topological polar surface area (TPSA) is 66.6 Å². The van der Waals surface area contributed by atoms with Crippen LogP contribution in [0.25, 0.3) is 0 Å². The molecule has 4 heteroatoms. The van der Waals surface area contributed by atoms with E-state index in [0.717, 1.165) is 31.6 Å². The SMILES string of the molecule is Nc1cccc(C2CCN(CC(=O)O)CC2)c1. The number of piperidine rings is 1. The average Bonchev–Trinajstić information content (AvgIpc) is 2.29. The molecular weight excluding hydrogens is 216 g/mol. The minimum Gasteiger partial charge on any atom is -0.480 e. The molecule has 3 N–H and O–H groups in total. The quantitative estimate of drug-likeness (QED) is 0.778. The maximum absolute atomic E-state index is 10.6. The molecule has 4 nitrogen and oxygen atoms in total. The Hall–Kier alpha value is -1.55. The van der Waals surface area contributed by atoms with E-state index in [1.54, 1.807) is 0 Å². The molecule has 1 aromatic carbocycles. The van der Waals surface area contributed by atoms with Gasteiger partial charge in [0, 0.05) is 5.69 Å². The molecule has 1 aliphatic rings. The van der Waals surface area contributed by atoms with Crippen LogP contribution in [0.2, 0.25) is 0 Å². The van der Waals surface area contributed by atoms with Crippen LogP contribution in [0.4, 0.5) is 5.69 Å². The lowest BCUT2D eigenvalue weighted by atomic mass is 9.89. The highest BCUT2D eigenvalue weighted by molar-refractivity contribution is 5.69. The molecule has 0 saturated carbocycles. The normalized spacial score (nSPS) is 18.1. The van der Waals surface area contributed by atoms with E-state index in [1.807, 2.05) is 23.1 Å². The summed E-state index contributed by atoms with van der Waals surface area (Å²) in [6, 6.07) is 8.00. The lowest BCUT2D eigenvalue weighted by Crippen LogP contribution is -2.36. The fraction of sp³-hybridized carbons (Fsp3) is 0.462. The van der Waals surface area contributed by atoms with Crippen LogP contribution in [-0.2, 0) is 4.79 Å². The van der Waals surface area contributed by atoms with Crippen LogP contribution < -0.4 is 5.73 Å². The number of carboxylic acids is 1. The zero-order valence-electron chi connectivity index (χ0n) is 9.80. The summed E-state index contributed by atoms with van der Waals surface area (Å²) in [7, 11) is 0. The molecule has 0 atom stereocenters. The van der Waals surface area contributed by atoms with Crippen LogP contribution in [-0.4, -0.2) is 35.6 Å². The summed E-state index contributed by atoms with van der Waals surface area (Å²) < 4.78 is 0. The van der Waals surface area contributed by atoms with Crippen LogP contribution in [0.5, 0.6) is 0 Å². The largest absolute Gasteiger partial charge is 0.480 e.